The highest BCUT2D eigenvalue weighted by Crippen LogP contribution is 2.13. The van der Waals surface area contributed by atoms with E-state index in [4.69, 9.17) is 4.74 Å². The van der Waals surface area contributed by atoms with Gasteiger partial charge >= 0.3 is 0 Å². The molecule has 2 N–H and O–H groups in total. The second kappa shape index (κ2) is 11.7. The predicted octanol–water partition coefficient (Wildman–Crippen LogP) is 3.57. The summed E-state index contributed by atoms with van der Waals surface area (Å²) in [6.07, 6.45) is 0. The van der Waals surface area contributed by atoms with Crippen LogP contribution < -0.4 is 15.4 Å². The molecule has 0 spiro atoms. The average Bonchev–Trinajstić information content (AvgIpc) is 2.64. The normalized spacial score (nSPS) is 12.0. The van der Waals surface area contributed by atoms with Crippen LogP contribution in [-0.4, -0.2) is 31.1 Å². The van der Waals surface area contributed by atoms with Crippen molar-refractivity contribution in [1.29, 1.82) is 0 Å². The molecular weight excluding hydrogens is 427 g/mol. The van der Waals surface area contributed by atoms with Crippen LogP contribution in [0.5, 0.6) is 5.88 Å². The molecule has 6 heteroatoms. The minimum absolute atomic E-state index is 0. The van der Waals surface area contributed by atoms with Crippen LogP contribution in [0.4, 0.5) is 0 Å². The number of benzene rings is 1. The largest absolute Gasteiger partial charge is 0.481 e. The molecular formula is C19H27IN4O. The molecule has 1 unspecified atom stereocenters. The molecule has 0 aliphatic carbocycles. The zero-order chi connectivity index (χ0) is 17.2. The van der Waals surface area contributed by atoms with Gasteiger partial charge in [0.05, 0.1) is 19.3 Å². The van der Waals surface area contributed by atoms with Crippen LogP contribution in [0.2, 0.25) is 0 Å². The number of pyridine rings is 1. The SMILES string of the molecule is CCNC(=NCc1cccc(OC)n1)NCC(C)c1ccccc1.I. The summed E-state index contributed by atoms with van der Waals surface area (Å²) in [5.74, 6) is 1.81. The Morgan fingerprint density at radius 1 is 1.12 bits per heavy atom. The number of nitrogens with zero attached hydrogens (tertiary/aromatic N) is 2. The van der Waals surface area contributed by atoms with E-state index in [2.05, 4.69) is 58.7 Å². The molecule has 0 radical (unpaired) electrons. The quantitative estimate of drug-likeness (QED) is 0.382. The number of methoxy groups -OCH3 is 1. The minimum Gasteiger partial charge on any atom is -0.481 e. The van der Waals surface area contributed by atoms with Gasteiger partial charge in [0.15, 0.2) is 5.96 Å². The van der Waals surface area contributed by atoms with Crippen LogP contribution in [0.15, 0.2) is 53.5 Å². The summed E-state index contributed by atoms with van der Waals surface area (Å²) < 4.78 is 5.15. The fourth-order valence-electron chi connectivity index (χ4n) is 2.31. The van der Waals surface area contributed by atoms with E-state index in [0.29, 0.717) is 18.3 Å². The highest BCUT2D eigenvalue weighted by molar-refractivity contribution is 14.0. The van der Waals surface area contributed by atoms with E-state index in [1.54, 1.807) is 7.11 Å². The first-order valence-electron chi connectivity index (χ1n) is 8.30. The van der Waals surface area contributed by atoms with E-state index in [0.717, 1.165) is 24.7 Å². The summed E-state index contributed by atoms with van der Waals surface area (Å²) in [6, 6.07) is 16.2. The molecule has 136 valence electrons. The molecule has 1 heterocycles. The molecule has 0 aliphatic rings. The Morgan fingerprint density at radius 2 is 1.88 bits per heavy atom. The first-order chi connectivity index (χ1) is 11.7. The second-order valence-corrected chi connectivity index (χ2v) is 5.56. The number of hydrogen-bond acceptors (Lipinski definition) is 3. The molecule has 1 aromatic heterocycles. The van der Waals surface area contributed by atoms with E-state index in [-0.39, 0.29) is 24.0 Å². The average molecular weight is 454 g/mol. The van der Waals surface area contributed by atoms with Crippen molar-refractivity contribution >= 4 is 29.9 Å². The maximum atomic E-state index is 5.15. The van der Waals surface area contributed by atoms with Gasteiger partial charge in [-0.25, -0.2) is 9.98 Å². The minimum atomic E-state index is 0. The van der Waals surface area contributed by atoms with Crippen molar-refractivity contribution < 1.29 is 4.74 Å². The summed E-state index contributed by atoms with van der Waals surface area (Å²) in [7, 11) is 1.62. The van der Waals surface area contributed by atoms with Crippen molar-refractivity contribution in [2.45, 2.75) is 26.3 Å². The molecule has 1 atom stereocenters. The van der Waals surface area contributed by atoms with Gasteiger partial charge in [-0.15, -0.1) is 24.0 Å². The topological polar surface area (TPSA) is 58.5 Å². The molecule has 1 aromatic carbocycles. The highest BCUT2D eigenvalue weighted by atomic mass is 127. The molecule has 0 bridgehead atoms. The first kappa shape index (κ1) is 21.2. The lowest BCUT2D eigenvalue weighted by molar-refractivity contribution is 0.396. The van der Waals surface area contributed by atoms with Gasteiger partial charge in [0, 0.05) is 19.2 Å². The lowest BCUT2D eigenvalue weighted by atomic mass is 10.0. The number of rotatable bonds is 7. The molecule has 2 rings (SSSR count). The number of guanidine groups is 1. The molecule has 5 nitrogen and oxygen atoms in total. The molecule has 0 fully saturated rings. The molecule has 0 saturated carbocycles. The van der Waals surface area contributed by atoms with Crippen LogP contribution in [0.25, 0.3) is 0 Å². The number of hydrogen-bond donors (Lipinski definition) is 2. The monoisotopic (exact) mass is 454 g/mol. The van der Waals surface area contributed by atoms with E-state index < -0.39 is 0 Å². The van der Waals surface area contributed by atoms with Gasteiger partial charge in [-0.3, -0.25) is 0 Å². The van der Waals surface area contributed by atoms with Gasteiger partial charge in [-0.05, 0) is 24.5 Å². The Hall–Kier alpha value is -1.83. The van der Waals surface area contributed by atoms with Gasteiger partial charge in [0.2, 0.25) is 5.88 Å². The Kier molecular flexibility index (Phi) is 9.91. The van der Waals surface area contributed by atoms with Crippen LogP contribution in [0.3, 0.4) is 0 Å². The fourth-order valence-corrected chi connectivity index (χ4v) is 2.31. The summed E-state index contributed by atoms with van der Waals surface area (Å²) >= 11 is 0. The molecule has 0 saturated heterocycles. The van der Waals surface area contributed by atoms with Gasteiger partial charge in [0.25, 0.3) is 0 Å². The Bertz CT molecular complexity index is 649. The number of aliphatic imine (C=N–C) groups is 1. The van der Waals surface area contributed by atoms with Gasteiger partial charge in [-0.2, -0.15) is 0 Å². The van der Waals surface area contributed by atoms with E-state index in [9.17, 15) is 0 Å². The molecule has 25 heavy (non-hydrogen) atoms. The number of aromatic nitrogens is 1. The zero-order valence-electron chi connectivity index (χ0n) is 15.0. The Morgan fingerprint density at radius 3 is 2.56 bits per heavy atom. The van der Waals surface area contributed by atoms with Crippen molar-refractivity contribution in [3.05, 3.63) is 59.8 Å². The first-order valence-corrected chi connectivity index (χ1v) is 8.30. The third-order valence-corrected chi connectivity index (χ3v) is 3.68. The van der Waals surface area contributed by atoms with E-state index in [1.807, 2.05) is 24.3 Å². The maximum absolute atomic E-state index is 5.15. The van der Waals surface area contributed by atoms with Gasteiger partial charge < -0.3 is 15.4 Å². The Balaban J connectivity index is 0.00000312. The standard InChI is InChI=1S/C19H26N4O.HI/c1-4-20-19(21-13-15(2)16-9-6-5-7-10-16)22-14-17-11-8-12-18(23-17)24-3;/h5-12,15H,4,13-14H2,1-3H3,(H2,20,21,22);1H. The number of nitrogens with one attached hydrogen (secondary N) is 2. The van der Waals surface area contributed by atoms with Crippen molar-refractivity contribution in [1.82, 2.24) is 15.6 Å². The van der Waals surface area contributed by atoms with Gasteiger partial charge in [-0.1, -0.05) is 43.3 Å². The van der Waals surface area contributed by atoms with Crippen molar-refractivity contribution in [3.63, 3.8) is 0 Å². The third kappa shape index (κ3) is 7.29. The molecule has 2 aromatic rings. The summed E-state index contributed by atoms with van der Waals surface area (Å²) in [4.78, 5) is 8.98. The lowest BCUT2D eigenvalue weighted by Crippen LogP contribution is -2.39. The van der Waals surface area contributed by atoms with Crippen LogP contribution in [0, 0.1) is 0 Å². The van der Waals surface area contributed by atoms with Crippen LogP contribution in [0.1, 0.15) is 31.0 Å². The highest BCUT2D eigenvalue weighted by Gasteiger charge is 2.06. The van der Waals surface area contributed by atoms with E-state index >= 15 is 0 Å². The third-order valence-electron chi connectivity index (χ3n) is 3.68. The number of halogens is 1. The zero-order valence-corrected chi connectivity index (χ0v) is 17.4. The van der Waals surface area contributed by atoms with Crippen molar-refractivity contribution in [3.8, 4) is 5.88 Å². The predicted molar refractivity (Wildman–Crippen MR) is 114 cm³/mol. The van der Waals surface area contributed by atoms with Crippen LogP contribution >= 0.6 is 24.0 Å². The van der Waals surface area contributed by atoms with Crippen LogP contribution in [-0.2, 0) is 6.54 Å². The molecule has 0 aliphatic heterocycles. The lowest BCUT2D eigenvalue weighted by Gasteiger charge is -2.16. The van der Waals surface area contributed by atoms with Crippen molar-refractivity contribution in [2.75, 3.05) is 20.2 Å². The second-order valence-electron chi connectivity index (χ2n) is 5.56. The Labute approximate surface area is 167 Å². The van der Waals surface area contributed by atoms with Gasteiger partial charge in [0.1, 0.15) is 0 Å². The molecule has 0 amide bonds. The van der Waals surface area contributed by atoms with E-state index in [1.165, 1.54) is 5.56 Å². The number of ether oxygens (including phenoxy) is 1. The summed E-state index contributed by atoms with van der Waals surface area (Å²) in [5, 5.41) is 6.67. The smallest absolute Gasteiger partial charge is 0.213 e. The van der Waals surface area contributed by atoms with Crippen molar-refractivity contribution in [2.24, 2.45) is 4.99 Å². The summed E-state index contributed by atoms with van der Waals surface area (Å²) in [5.41, 5.74) is 2.19. The maximum Gasteiger partial charge on any atom is 0.213 e. The summed E-state index contributed by atoms with van der Waals surface area (Å²) in [6.45, 7) is 6.40. The fraction of sp³-hybridized carbons (Fsp3) is 0.368.